The van der Waals surface area contributed by atoms with Crippen LogP contribution in [0, 0.1) is 0 Å². The van der Waals surface area contributed by atoms with Gasteiger partial charge in [0.2, 0.25) is 24.4 Å². The molecule has 0 bridgehead atoms. The average Bonchev–Trinajstić information content (AvgIpc) is 2.86. The molecule has 218 valence electrons. The van der Waals surface area contributed by atoms with Crippen molar-refractivity contribution in [1.29, 1.82) is 0 Å². The van der Waals surface area contributed by atoms with Crippen molar-refractivity contribution < 1.29 is 24.0 Å². The molecule has 0 spiro atoms. The fourth-order valence-corrected chi connectivity index (χ4v) is 2.70. The summed E-state index contributed by atoms with van der Waals surface area (Å²) >= 11 is 0. The third-order valence-corrected chi connectivity index (χ3v) is 4.46. The summed E-state index contributed by atoms with van der Waals surface area (Å²) in [4.78, 5) is 72.5. The van der Waals surface area contributed by atoms with Crippen molar-refractivity contribution in [2.45, 2.75) is 30.7 Å². The van der Waals surface area contributed by atoms with Crippen molar-refractivity contribution in [2.24, 2.45) is 66.6 Å². The Kier molecular flexibility index (Phi) is 12.0. The monoisotopic (exact) mass is 564 g/mol. The van der Waals surface area contributed by atoms with E-state index in [0.29, 0.717) is 5.56 Å². The lowest BCUT2D eigenvalue weighted by Crippen LogP contribution is -2.60. The maximum Gasteiger partial charge on any atom is 0.267 e. The lowest BCUT2D eigenvalue weighted by atomic mass is 10.1. The first kappa shape index (κ1) is 32.3. The number of benzene rings is 1. The summed E-state index contributed by atoms with van der Waals surface area (Å²) in [5, 5.41) is 8.26. The van der Waals surface area contributed by atoms with Crippen LogP contribution in [0.3, 0.4) is 0 Å². The van der Waals surface area contributed by atoms with Crippen LogP contribution < -0.4 is 72.9 Å². The van der Waals surface area contributed by atoms with E-state index in [1.54, 1.807) is 30.3 Å². The molecule has 0 aromatic heterocycles. The molecule has 5 atom stereocenters. The molecule has 0 radical (unpaired) electrons. The van der Waals surface area contributed by atoms with E-state index in [9.17, 15) is 24.0 Å². The van der Waals surface area contributed by atoms with Gasteiger partial charge < -0.3 is 72.9 Å². The van der Waals surface area contributed by atoms with E-state index in [1.807, 2.05) is 10.6 Å². The van der Waals surface area contributed by atoms with Crippen LogP contribution in [0.15, 0.2) is 45.3 Å². The van der Waals surface area contributed by atoms with Crippen LogP contribution >= 0.6 is 0 Å². The summed E-state index contributed by atoms with van der Waals surface area (Å²) in [6.45, 7) is 0. The molecule has 40 heavy (non-hydrogen) atoms. The topological polar surface area (TPSA) is 405 Å². The first-order valence-corrected chi connectivity index (χ1v) is 11.0. The normalized spacial score (nSPS) is 13.9. The lowest BCUT2D eigenvalue weighted by molar-refractivity contribution is -0.134. The number of amides is 5. The number of rotatable bonds is 13. The largest absolute Gasteiger partial charge is 0.370 e. The summed E-state index contributed by atoms with van der Waals surface area (Å²) < 4.78 is 0. The molecule has 22 N–H and O–H groups in total. The standard InChI is InChI=1S/C19H32N16O5/c20-7(6-4-2-1-3-5-6)13(37)31-12(35-19(27)28)16(40)32-11(34-18(25)26)15(39)29-8(21)14(38)30-10(9(22)36)33-17(23)24/h1-5,7-8,10-12H,20-21H2,(H2,22,36)(H,29,39)(H,30,38)(H,31,37)(H,32,40)(H4,23,24,33)(H4,25,26,34)(H4,27,28,35). The van der Waals surface area contributed by atoms with Crippen LogP contribution in [0.2, 0.25) is 0 Å². The highest BCUT2D eigenvalue weighted by Crippen LogP contribution is 2.10. The van der Waals surface area contributed by atoms with Crippen molar-refractivity contribution in [1.82, 2.24) is 21.3 Å². The molecule has 21 nitrogen and oxygen atoms in total. The third kappa shape index (κ3) is 10.7. The Labute approximate surface area is 226 Å². The molecule has 0 saturated heterocycles. The minimum absolute atomic E-state index is 0.410. The van der Waals surface area contributed by atoms with Gasteiger partial charge in [-0.1, -0.05) is 30.3 Å². The van der Waals surface area contributed by atoms with E-state index < -0.39 is 78.1 Å². The van der Waals surface area contributed by atoms with Gasteiger partial charge in [0.25, 0.3) is 23.6 Å². The van der Waals surface area contributed by atoms with Gasteiger partial charge in [-0.15, -0.1) is 0 Å². The predicted octanol–water partition coefficient (Wildman–Crippen LogP) is -8.28. The molecular formula is C19H32N16O5. The van der Waals surface area contributed by atoms with Crippen molar-refractivity contribution in [2.75, 3.05) is 0 Å². The van der Waals surface area contributed by atoms with Gasteiger partial charge >= 0.3 is 0 Å². The van der Waals surface area contributed by atoms with Gasteiger partial charge in [0, 0.05) is 0 Å². The number of carbonyl (C=O) groups is 5. The van der Waals surface area contributed by atoms with E-state index in [4.69, 9.17) is 51.6 Å². The Morgan fingerprint density at radius 3 is 1.40 bits per heavy atom. The van der Waals surface area contributed by atoms with Gasteiger partial charge in [0.15, 0.2) is 24.0 Å². The first-order valence-electron chi connectivity index (χ1n) is 11.0. The quantitative estimate of drug-likeness (QED) is 0.0601. The van der Waals surface area contributed by atoms with Crippen molar-refractivity contribution >= 4 is 47.4 Å². The molecule has 5 unspecified atom stereocenters. The first-order chi connectivity index (χ1) is 18.6. The molecule has 0 saturated carbocycles. The Morgan fingerprint density at radius 2 is 0.950 bits per heavy atom. The zero-order valence-electron chi connectivity index (χ0n) is 20.9. The number of hydrogen-bond acceptors (Lipinski definition) is 10. The van der Waals surface area contributed by atoms with E-state index in [1.165, 1.54) is 0 Å². The number of primary amides is 1. The molecule has 21 heteroatoms. The Balaban J connectivity index is 3.05. The third-order valence-electron chi connectivity index (χ3n) is 4.46. The van der Waals surface area contributed by atoms with Crippen LogP contribution in [0.25, 0.3) is 0 Å². The average molecular weight is 565 g/mol. The fraction of sp³-hybridized carbons (Fsp3) is 0.263. The van der Waals surface area contributed by atoms with Gasteiger partial charge in [-0.2, -0.15) is 0 Å². The zero-order chi connectivity index (χ0) is 30.6. The predicted molar refractivity (Wildman–Crippen MR) is 142 cm³/mol. The zero-order valence-corrected chi connectivity index (χ0v) is 20.9. The summed E-state index contributed by atoms with van der Waals surface area (Å²) in [7, 11) is 0. The molecule has 0 fully saturated rings. The van der Waals surface area contributed by atoms with Crippen LogP contribution in [0.4, 0.5) is 0 Å². The molecule has 1 aromatic rings. The lowest BCUT2D eigenvalue weighted by Gasteiger charge is -2.22. The highest BCUT2D eigenvalue weighted by Gasteiger charge is 2.30. The molecule has 0 aliphatic carbocycles. The smallest absolute Gasteiger partial charge is 0.267 e. The summed E-state index contributed by atoms with van der Waals surface area (Å²) in [6.07, 6.45) is -7.28. The van der Waals surface area contributed by atoms with E-state index in [0.717, 1.165) is 0 Å². The van der Waals surface area contributed by atoms with Gasteiger partial charge in [0.1, 0.15) is 6.04 Å². The van der Waals surface area contributed by atoms with Crippen LogP contribution in [-0.2, 0) is 24.0 Å². The highest BCUT2D eigenvalue weighted by molar-refractivity contribution is 5.97. The molecule has 5 amide bonds. The second-order valence-electron chi connectivity index (χ2n) is 7.67. The summed E-state index contributed by atoms with van der Waals surface area (Å²) in [5.41, 5.74) is 48.7. The number of carbonyl (C=O) groups excluding carboxylic acids is 5. The Hall–Kier alpha value is -5.70. The van der Waals surface area contributed by atoms with Crippen LogP contribution in [0.5, 0.6) is 0 Å². The molecule has 1 aromatic carbocycles. The van der Waals surface area contributed by atoms with Gasteiger partial charge in [0.05, 0.1) is 0 Å². The van der Waals surface area contributed by atoms with E-state index in [2.05, 4.69) is 25.6 Å². The number of guanidine groups is 3. The van der Waals surface area contributed by atoms with Gasteiger partial charge in [-0.05, 0) is 5.56 Å². The van der Waals surface area contributed by atoms with Gasteiger partial charge in [-0.25, -0.2) is 15.0 Å². The summed E-state index contributed by atoms with van der Waals surface area (Å²) in [5.74, 6) is -7.44. The number of nitrogens with two attached hydrogens (primary N) is 9. The number of hydrogen-bond donors (Lipinski definition) is 13. The molecule has 0 aliphatic heterocycles. The number of nitrogens with zero attached hydrogens (tertiary/aromatic N) is 3. The molecule has 0 heterocycles. The van der Waals surface area contributed by atoms with Crippen molar-refractivity contribution in [3.63, 3.8) is 0 Å². The Morgan fingerprint density at radius 1 is 0.550 bits per heavy atom. The highest BCUT2D eigenvalue weighted by atomic mass is 16.2. The number of aliphatic imine (C=N–C) groups is 3. The SMILES string of the molecule is NC(=O)C(N=C(N)N)NC(=O)C(N)NC(=O)C(N=C(N)N)NC(=O)C(N=C(N)N)NC(=O)C(N)c1ccccc1. The number of nitrogens with one attached hydrogen (secondary N) is 4. The van der Waals surface area contributed by atoms with Crippen molar-refractivity contribution in [3.8, 4) is 0 Å². The van der Waals surface area contributed by atoms with Crippen LogP contribution in [-0.4, -0.2) is 72.1 Å². The molecule has 0 aliphatic rings. The minimum Gasteiger partial charge on any atom is -0.370 e. The van der Waals surface area contributed by atoms with Gasteiger partial charge in [-0.3, -0.25) is 24.0 Å². The fourth-order valence-electron chi connectivity index (χ4n) is 2.70. The van der Waals surface area contributed by atoms with E-state index in [-0.39, 0.29) is 0 Å². The summed E-state index contributed by atoms with van der Waals surface area (Å²) in [6, 6.07) is 6.90. The maximum atomic E-state index is 12.9. The molecular weight excluding hydrogens is 532 g/mol. The van der Waals surface area contributed by atoms with E-state index >= 15 is 0 Å². The van der Waals surface area contributed by atoms with Crippen LogP contribution in [0.1, 0.15) is 11.6 Å². The van der Waals surface area contributed by atoms with Crippen molar-refractivity contribution in [3.05, 3.63) is 35.9 Å². The minimum atomic E-state index is -1.92. The maximum absolute atomic E-state index is 12.9. The molecule has 1 rings (SSSR count). The second kappa shape index (κ2) is 14.9. The Bertz CT molecular complexity index is 1170. The second-order valence-corrected chi connectivity index (χ2v) is 7.67.